The minimum atomic E-state index is -0.452. The predicted molar refractivity (Wildman–Crippen MR) is 178 cm³/mol. The van der Waals surface area contributed by atoms with Gasteiger partial charge < -0.3 is 20.9 Å². The van der Waals surface area contributed by atoms with Gasteiger partial charge in [-0.2, -0.15) is 0 Å². The van der Waals surface area contributed by atoms with Crippen LogP contribution in [0, 0.1) is 0 Å². The molecule has 3 aliphatic rings. The number of carbonyl (C=O) groups excluding carboxylic acids is 2. The zero-order valence-electron chi connectivity index (χ0n) is 26.1. The third-order valence-corrected chi connectivity index (χ3v) is 8.75. The van der Waals surface area contributed by atoms with Crippen LogP contribution in [-0.2, 0) is 0 Å². The standard InChI is InChI=1S/C38H42N4O2/c1-24(2)26-11-13-27(14-12-26)32-9-5-6-10-33(32)38(44)40-29-17-15-28(16-18-29)37(43)35-23-31-8-7-21-42(31)36-22-30(39-25(3)4)19-20-34(36)41-35/h5-18,23-25,30,35,39,41H,19-22H2,1-4H3,(H,40,44). The number of allylic oxidation sites excluding steroid dienone is 2. The van der Waals surface area contributed by atoms with E-state index in [2.05, 4.69) is 91.0 Å². The van der Waals surface area contributed by atoms with Gasteiger partial charge in [-0.15, -0.1) is 0 Å². The number of carbonyl (C=O) groups is 2. The van der Waals surface area contributed by atoms with Gasteiger partial charge in [-0.1, -0.05) is 76.2 Å². The molecule has 44 heavy (non-hydrogen) atoms. The van der Waals surface area contributed by atoms with Gasteiger partial charge >= 0.3 is 0 Å². The first-order valence-electron chi connectivity index (χ1n) is 15.8. The second-order valence-electron chi connectivity index (χ2n) is 12.6. The summed E-state index contributed by atoms with van der Waals surface area (Å²) in [6, 6.07) is 23.7. The Morgan fingerprint density at radius 2 is 1.68 bits per heavy atom. The van der Waals surface area contributed by atoms with Crippen molar-refractivity contribution in [3.8, 4) is 11.1 Å². The van der Waals surface area contributed by atoms with Crippen molar-refractivity contribution in [1.82, 2.24) is 15.5 Å². The van der Waals surface area contributed by atoms with Crippen molar-refractivity contribution in [2.45, 2.75) is 71.0 Å². The number of ketones is 1. The van der Waals surface area contributed by atoms with E-state index in [1.54, 1.807) is 12.1 Å². The highest BCUT2D eigenvalue weighted by molar-refractivity contribution is 6.09. The monoisotopic (exact) mass is 586 g/mol. The lowest BCUT2D eigenvalue weighted by Gasteiger charge is -2.34. The van der Waals surface area contributed by atoms with E-state index in [9.17, 15) is 9.59 Å². The van der Waals surface area contributed by atoms with Crippen LogP contribution < -0.4 is 16.0 Å². The summed E-state index contributed by atoms with van der Waals surface area (Å²) in [4.78, 5) is 29.5. The summed E-state index contributed by atoms with van der Waals surface area (Å²) in [5.41, 5.74) is 8.55. The highest BCUT2D eigenvalue weighted by Crippen LogP contribution is 2.34. The summed E-state index contributed by atoms with van der Waals surface area (Å²) in [6.45, 7) is 9.56. The third-order valence-electron chi connectivity index (χ3n) is 8.75. The summed E-state index contributed by atoms with van der Waals surface area (Å²) in [6.07, 6.45) is 9.24. The van der Waals surface area contributed by atoms with Crippen LogP contribution in [0.4, 0.5) is 5.69 Å². The molecule has 2 aliphatic heterocycles. The lowest BCUT2D eigenvalue weighted by Crippen LogP contribution is -2.41. The zero-order chi connectivity index (χ0) is 30.8. The maximum atomic E-state index is 13.8. The molecular weight excluding hydrogens is 544 g/mol. The zero-order valence-corrected chi connectivity index (χ0v) is 26.1. The molecule has 6 heteroatoms. The molecule has 0 aromatic heterocycles. The molecule has 0 fully saturated rings. The number of fused-ring (bicyclic) bond motifs is 2. The normalized spacial score (nSPS) is 19.3. The van der Waals surface area contributed by atoms with Crippen molar-refractivity contribution in [3.63, 3.8) is 0 Å². The Balaban J connectivity index is 1.17. The maximum absolute atomic E-state index is 13.8. The molecule has 3 aromatic rings. The molecule has 0 saturated heterocycles. The molecule has 6 nitrogen and oxygen atoms in total. The van der Waals surface area contributed by atoms with Crippen molar-refractivity contribution >= 4 is 17.4 Å². The van der Waals surface area contributed by atoms with Gasteiger partial charge in [0.1, 0.15) is 6.04 Å². The second kappa shape index (κ2) is 12.7. The lowest BCUT2D eigenvalue weighted by molar-refractivity contribution is 0.0965. The highest BCUT2D eigenvalue weighted by Gasteiger charge is 2.33. The van der Waals surface area contributed by atoms with Crippen LogP contribution in [0.25, 0.3) is 11.1 Å². The van der Waals surface area contributed by atoms with E-state index in [-0.39, 0.29) is 11.7 Å². The maximum Gasteiger partial charge on any atom is 0.256 e. The van der Waals surface area contributed by atoms with Crippen LogP contribution in [0.2, 0.25) is 0 Å². The molecule has 0 bridgehead atoms. The molecule has 0 spiro atoms. The van der Waals surface area contributed by atoms with Crippen LogP contribution in [0.5, 0.6) is 0 Å². The molecule has 226 valence electrons. The fraction of sp³-hybridized carbons (Fsp3) is 0.316. The predicted octanol–water partition coefficient (Wildman–Crippen LogP) is 7.40. The van der Waals surface area contributed by atoms with E-state index in [4.69, 9.17) is 0 Å². The number of rotatable bonds is 8. The topological polar surface area (TPSA) is 73.5 Å². The molecule has 1 aliphatic carbocycles. The van der Waals surface area contributed by atoms with Gasteiger partial charge in [0, 0.05) is 59.0 Å². The number of nitrogens with one attached hydrogen (secondary N) is 3. The largest absolute Gasteiger partial charge is 0.374 e. The summed E-state index contributed by atoms with van der Waals surface area (Å²) in [5, 5.41) is 10.3. The molecule has 0 saturated carbocycles. The fourth-order valence-electron chi connectivity index (χ4n) is 6.47. The number of nitrogens with zero attached hydrogens (tertiary/aromatic N) is 1. The van der Waals surface area contributed by atoms with E-state index in [1.807, 2.05) is 36.4 Å². The summed E-state index contributed by atoms with van der Waals surface area (Å²) in [5.74, 6) is 0.281. The van der Waals surface area contributed by atoms with Gasteiger partial charge in [0.05, 0.1) is 0 Å². The van der Waals surface area contributed by atoms with Gasteiger partial charge in [0.25, 0.3) is 5.91 Å². The SMILES string of the molecule is CC(C)NC1CCC2=C(C1)N1CC=CC1=CC(C(=O)c1ccc(NC(=O)c3ccccc3-c3ccc(C(C)C)cc3)cc1)N2. The van der Waals surface area contributed by atoms with E-state index >= 15 is 0 Å². The van der Waals surface area contributed by atoms with E-state index in [0.717, 1.165) is 42.6 Å². The molecule has 0 radical (unpaired) electrons. The van der Waals surface area contributed by atoms with Crippen molar-refractivity contribution in [1.29, 1.82) is 0 Å². The van der Waals surface area contributed by atoms with E-state index in [0.29, 0.717) is 34.8 Å². The molecule has 3 aromatic carbocycles. The van der Waals surface area contributed by atoms with E-state index < -0.39 is 6.04 Å². The Morgan fingerprint density at radius 1 is 0.932 bits per heavy atom. The molecule has 2 atom stereocenters. The molecule has 2 heterocycles. The summed E-state index contributed by atoms with van der Waals surface area (Å²) < 4.78 is 0. The second-order valence-corrected chi connectivity index (χ2v) is 12.6. The average molecular weight is 587 g/mol. The number of benzene rings is 3. The Labute approximate surface area is 260 Å². The summed E-state index contributed by atoms with van der Waals surface area (Å²) >= 11 is 0. The number of amides is 1. The van der Waals surface area contributed by atoms with Crippen LogP contribution in [-0.4, -0.2) is 41.3 Å². The first-order chi connectivity index (χ1) is 21.3. The first-order valence-corrected chi connectivity index (χ1v) is 15.8. The number of Topliss-reactive ketones (excluding diaryl/α,β-unsaturated/α-hetero) is 1. The van der Waals surface area contributed by atoms with Crippen LogP contribution >= 0.6 is 0 Å². The summed E-state index contributed by atoms with van der Waals surface area (Å²) in [7, 11) is 0. The third kappa shape index (κ3) is 6.27. The Bertz CT molecular complexity index is 1630. The first kappa shape index (κ1) is 29.6. The number of hydrogen-bond acceptors (Lipinski definition) is 5. The molecule has 3 N–H and O–H groups in total. The van der Waals surface area contributed by atoms with Crippen molar-refractivity contribution in [2.75, 3.05) is 11.9 Å². The van der Waals surface area contributed by atoms with Crippen LogP contribution in [0.15, 0.2) is 108 Å². The van der Waals surface area contributed by atoms with Gasteiger partial charge in [0.15, 0.2) is 5.78 Å². The quantitative estimate of drug-likeness (QED) is 0.240. The van der Waals surface area contributed by atoms with Crippen LogP contribution in [0.3, 0.4) is 0 Å². The molecular formula is C38H42N4O2. The van der Waals surface area contributed by atoms with E-state index in [1.165, 1.54) is 17.0 Å². The number of hydrogen-bond donors (Lipinski definition) is 3. The van der Waals surface area contributed by atoms with Crippen LogP contribution in [0.1, 0.15) is 79.2 Å². The van der Waals surface area contributed by atoms with Crippen molar-refractivity contribution in [2.24, 2.45) is 0 Å². The van der Waals surface area contributed by atoms with Gasteiger partial charge in [-0.3, -0.25) is 9.59 Å². The molecule has 1 amide bonds. The molecule has 2 unspecified atom stereocenters. The van der Waals surface area contributed by atoms with Crippen molar-refractivity contribution < 1.29 is 9.59 Å². The highest BCUT2D eigenvalue weighted by atomic mass is 16.1. The Kier molecular flexibility index (Phi) is 8.53. The Morgan fingerprint density at radius 3 is 2.41 bits per heavy atom. The van der Waals surface area contributed by atoms with Gasteiger partial charge in [0.2, 0.25) is 0 Å². The smallest absolute Gasteiger partial charge is 0.256 e. The minimum absolute atomic E-state index is 0.0157. The fourth-order valence-corrected chi connectivity index (χ4v) is 6.47. The molecule has 6 rings (SSSR count). The average Bonchev–Trinajstić information content (AvgIpc) is 3.43. The Hall–Kier alpha value is -4.42. The lowest BCUT2D eigenvalue weighted by atomic mass is 9.94. The number of anilines is 1. The van der Waals surface area contributed by atoms with Gasteiger partial charge in [-0.05, 0) is 77.9 Å². The van der Waals surface area contributed by atoms with Crippen molar-refractivity contribution in [3.05, 3.63) is 125 Å². The minimum Gasteiger partial charge on any atom is -0.374 e. The van der Waals surface area contributed by atoms with Gasteiger partial charge in [-0.25, -0.2) is 0 Å².